The molecule has 0 atom stereocenters. The number of urea groups is 1. The van der Waals surface area contributed by atoms with Crippen LogP contribution < -0.4 is 10.6 Å². The van der Waals surface area contributed by atoms with Gasteiger partial charge >= 0.3 is 12.0 Å². The molecule has 0 aliphatic heterocycles. The van der Waals surface area contributed by atoms with E-state index in [-0.39, 0.29) is 0 Å². The van der Waals surface area contributed by atoms with E-state index in [2.05, 4.69) is 15.6 Å². The summed E-state index contributed by atoms with van der Waals surface area (Å²) < 4.78 is 0. The van der Waals surface area contributed by atoms with Gasteiger partial charge in [0.15, 0.2) is 0 Å². The minimum atomic E-state index is -1.07. The molecular weight excluding hydrogens is 254 g/mol. The van der Waals surface area contributed by atoms with Crippen LogP contribution in [0.15, 0.2) is 11.6 Å². The van der Waals surface area contributed by atoms with Gasteiger partial charge in [-0.1, -0.05) is 0 Å². The smallest absolute Gasteiger partial charge is 0.329 e. The Hall–Kier alpha value is -1.63. The maximum Gasteiger partial charge on any atom is 0.329 e. The molecule has 2 amide bonds. The van der Waals surface area contributed by atoms with Gasteiger partial charge in [0.1, 0.15) is 10.5 Å². The van der Waals surface area contributed by atoms with Crippen molar-refractivity contribution in [3.05, 3.63) is 16.6 Å². The zero-order valence-electron chi connectivity index (χ0n) is 10.2. The Kier molecular flexibility index (Phi) is 3.02. The SMILES string of the molecule is CC(C)(NC(=O)NC1(C(=O)O)CC1)c1nccs1. The molecule has 1 aliphatic rings. The number of hydrogen-bond donors (Lipinski definition) is 3. The number of aliphatic carboxylic acids is 1. The van der Waals surface area contributed by atoms with E-state index in [9.17, 15) is 9.59 Å². The number of carbonyl (C=O) groups is 2. The number of aromatic nitrogens is 1. The van der Waals surface area contributed by atoms with Crippen LogP contribution in [0.1, 0.15) is 31.7 Å². The highest BCUT2D eigenvalue weighted by atomic mass is 32.1. The molecule has 1 fully saturated rings. The van der Waals surface area contributed by atoms with E-state index in [1.807, 2.05) is 19.2 Å². The lowest BCUT2D eigenvalue weighted by Crippen LogP contribution is -2.52. The van der Waals surface area contributed by atoms with Crippen LogP contribution in [0.4, 0.5) is 4.79 Å². The van der Waals surface area contributed by atoms with Gasteiger partial charge in [-0.25, -0.2) is 14.6 Å². The van der Waals surface area contributed by atoms with Crippen molar-refractivity contribution in [3.8, 4) is 0 Å². The summed E-state index contributed by atoms with van der Waals surface area (Å²) in [4.78, 5) is 26.9. The van der Waals surface area contributed by atoms with E-state index >= 15 is 0 Å². The molecule has 18 heavy (non-hydrogen) atoms. The lowest BCUT2D eigenvalue weighted by molar-refractivity contribution is -0.140. The molecule has 0 saturated heterocycles. The molecule has 0 radical (unpaired) electrons. The van der Waals surface area contributed by atoms with E-state index in [0.717, 1.165) is 5.01 Å². The number of hydrogen-bond acceptors (Lipinski definition) is 4. The van der Waals surface area contributed by atoms with Crippen LogP contribution in [0.5, 0.6) is 0 Å². The summed E-state index contributed by atoms with van der Waals surface area (Å²) in [5, 5.41) is 16.8. The van der Waals surface area contributed by atoms with Crippen LogP contribution in [0.2, 0.25) is 0 Å². The summed E-state index contributed by atoms with van der Waals surface area (Å²) in [5.41, 5.74) is -1.68. The predicted octanol–water partition coefficient (Wildman–Crippen LogP) is 1.29. The minimum Gasteiger partial charge on any atom is -0.480 e. The molecule has 0 bridgehead atoms. The first-order chi connectivity index (χ1) is 8.36. The molecule has 6 nitrogen and oxygen atoms in total. The van der Waals surface area contributed by atoms with E-state index in [1.165, 1.54) is 11.3 Å². The summed E-state index contributed by atoms with van der Waals surface area (Å²) in [6.45, 7) is 3.65. The van der Waals surface area contributed by atoms with Crippen molar-refractivity contribution in [1.82, 2.24) is 15.6 Å². The normalized spacial score (nSPS) is 17.0. The number of nitrogens with one attached hydrogen (secondary N) is 2. The molecule has 1 saturated carbocycles. The average Bonchev–Trinajstić information content (AvgIpc) is 2.82. The number of thiazole rings is 1. The third-order valence-corrected chi connectivity index (χ3v) is 4.00. The van der Waals surface area contributed by atoms with Crippen molar-refractivity contribution in [3.63, 3.8) is 0 Å². The Labute approximate surface area is 108 Å². The summed E-state index contributed by atoms with van der Waals surface area (Å²) in [7, 11) is 0. The lowest BCUT2D eigenvalue weighted by atomic mass is 10.1. The van der Waals surface area contributed by atoms with Gasteiger partial charge in [-0.2, -0.15) is 0 Å². The van der Waals surface area contributed by atoms with Crippen molar-refractivity contribution < 1.29 is 14.7 Å². The molecule has 1 aromatic rings. The highest BCUT2D eigenvalue weighted by Gasteiger charge is 2.52. The van der Waals surface area contributed by atoms with Gasteiger partial charge in [-0.3, -0.25) is 0 Å². The molecule has 1 aliphatic carbocycles. The van der Waals surface area contributed by atoms with Crippen molar-refractivity contribution in [1.29, 1.82) is 0 Å². The third-order valence-electron chi connectivity index (χ3n) is 2.91. The number of nitrogens with zero attached hydrogens (tertiary/aromatic N) is 1. The summed E-state index contributed by atoms with van der Waals surface area (Å²) >= 11 is 1.44. The quantitative estimate of drug-likeness (QED) is 0.768. The number of rotatable bonds is 4. The standard InChI is InChI=1S/C11H15N3O3S/c1-10(2,7-12-5-6-18-7)13-9(17)14-11(3-4-11)8(15)16/h5-6H,3-4H2,1-2H3,(H,15,16)(H2,13,14,17). The topological polar surface area (TPSA) is 91.3 Å². The monoisotopic (exact) mass is 269 g/mol. The van der Waals surface area contributed by atoms with Crippen LogP contribution in [0, 0.1) is 0 Å². The predicted molar refractivity (Wildman–Crippen MR) is 66.4 cm³/mol. The van der Waals surface area contributed by atoms with Crippen molar-refractivity contribution >= 4 is 23.3 Å². The molecule has 98 valence electrons. The first kappa shape index (κ1) is 12.8. The van der Waals surface area contributed by atoms with Crippen LogP contribution in [-0.4, -0.2) is 27.6 Å². The van der Waals surface area contributed by atoms with Gasteiger partial charge in [0, 0.05) is 11.6 Å². The van der Waals surface area contributed by atoms with Gasteiger partial charge in [0.05, 0.1) is 5.54 Å². The first-order valence-electron chi connectivity index (χ1n) is 5.59. The van der Waals surface area contributed by atoms with E-state index in [1.54, 1.807) is 6.20 Å². The highest BCUT2D eigenvalue weighted by Crippen LogP contribution is 2.35. The van der Waals surface area contributed by atoms with E-state index in [0.29, 0.717) is 12.8 Å². The molecule has 3 N–H and O–H groups in total. The maximum absolute atomic E-state index is 11.8. The molecular formula is C11H15N3O3S. The van der Waals surface area contributed by atoms with Gasteiger partial charge in [-0.15, -0.1) is 11.3 Å². The summed E-state index contributed by atoms with van der Waals surface area (Å²) in [5.74, 6) is -0.982. The fraction of sp³-hybridized carbons (Fsp3) is 0.545. The van der Waals surface area contributed by atoms with Gasteiger partial charge in [0.25, 0.3) is 0 Å². The molecule has 0 unspecified atom stereocenters. The van der Waals surface area contributed by atoms with Gasteiger partial charge < -0.3 is 15.7 Å². The second kappa shape index (κ2) is 4.24. The molecule has 0 spiro atoms. The van der Waals surface area contributed by atoms with Crippen LogP contribution >= 0.6 is 11.3 Å². The Bertz CT molecular complexity index is 466. The van der Waals surface area contributed by atoms with Crippen molar-refractivity contribution in [2.75, 3.05) is 0 Å². The molecule has 0 aromatic carbocycles. The summed E-state index contributed by atoms with van der Waals surface area (Å²) in [6.07, 6.45) is 2.63. The third kappa shape index (κ3) is 2.45. The summed E-state index contributed by atoms with van der Waals surface area (Å²) in [6, 6.07) is -0.477. The second-order valence-corrected chi connectivity index (χ2v) is 5.82. The average molecular weight is 269 g/mol. The Morgan fingerprint density at radius 2 is 2.17 bits per heavy atom. The number of carboxylic acid groups (broad SMARTS) is 1. The molecule has 7 heteroatoms. The van der Waals surface area contributed by atoms with Crippen molar-refractivity contribution in [2.24, 2.45) is 0 Å². The Morgan fingerprint density at radius 1 is 1.50 bits per heavy atom. The maximum atomic E-state index is 11.8. The fourth-order valence-electron chi connectivity index (χ4n) is 1.64. The molecule has 2 rings (SSSR count). The lowest BCUT2D eigenvalue weighted by Gasteiger charge is -2.25. The molecule has 1 heterocycles. The number of carboxylic acids is 1. The zero-order chi connectivity index (χ0) is 13.4. The first-order valence-corrected chi connectivity index (χ1v) is 6.47. The van der Waals surface area contributed by atoms with Gasteiger partial charge in [0.2, 0.25) is 0 Å². The van der Waals surface area contributed by atoms with Crippen LogP contribution in [0.3, 0.4) is 0 Å². The Morgan fingerprint density at radius 3 is 2.61 bits per heavy atom. The zero-order valence-corrected chi connectivity index (χ0v) is 11.0. The highest BCUT2D eigenvalue weighted by molar-refractivity contribution is 7.09. The molecule has 1 aromatic heterocycles. The van der Waals surface area contributed by atoms with E-state index < -0.39 is 23.1 Å². The fourth-order valence-corrected chi connectivity index (χ4v) is 2.35. The van der Waals surface area contributed by atoms with Crippen LogP contribution in [0.25, 0.3) is 0 Å². The second-order valence-electron chi connectivity index (χ2n) is 4.93. The van der Waals surface area contributed by atoms with E-state index in [4.69, 9.17) is 5.11 Å². The minimum absolute atomic E-state index is 0.477. The van der Waals surface area contributed by atoms with Crippen LogP contribution in [-0.2, 0) is 10.3 Å². The van der Waals surface area contributed by atoms with Gasteiger partial charge in [-0.05, 0) is 26.7 Å². The largest absolute Gasteiger partial charge is 0.480 e. The number of amides is 2. The van der Waals surface area contributed by atoms with Crippen molar-refractivity contribution in [2.45, 2.75) is 37.8 Å². The Balaban J connectivity index is 1.98. The number of carbonyl (C=O) groups excluding carboxylic acids is 1.